The molecule has 5 heteroatoms. The fourth-order valence-electron chi connectivity index (χ4n) is 1.39. The molecule has 0 fully saturated rings. The Bertz CT molecular complexity index is 164. The van der Waals surface area contributed by atoms with Gasteiger partial charge in [-0.3, -0.25) is 4.90 Å². The predicted molar refractivity (Wildman–Crippen MR) is 75.1 cm³/mol. The highest BCUT2D eigenvalue weighted by atomic mass is 32.1. The van der Waals surface area contributed by atoms with Crippen molar-refractivity contribution in [2.24, 2.45) is 11.5 Å². The molecule has 0 spiro atoms. The molecular weight excluding hydrogens is 220 g/mol. The largest absolute Gasteiger partial charge is 0.329 e. The van der Waals surface area contributed by atoms with Gasteiger partial charge in [-0.25, -0.2) is 0 Å². The summed E-state index contributed by atoms with van der Waals surface area (Å²) in [6.45, 7) is 11.5. The van der Waals surface area contributed by atoms with Crippen LogP contribution in [-0.2, 0) is 0 Å². The lowest BCUT2D eigenvalue weighted by atomic mass is 10.1. The van der Waals surface area contributed by atoms with Crippen molar-refractivity contribution in [3.63, 3.8) is 0 Å². The summed E-state index contributed by atoms with van der Waals surface area (Å²) in [6, 6.07) is 0.383. The molecule has 0 radical (unpaired) electrons. The molecule has 16 heavy (non-hydrogen) atoms. The number of hydrogen-bond acceptors (Lipinski definition) is 5. The predicted octanol–water partition coefficient (Wildman–Crippen LogP) is -0.108. The maximum atomic E-state index is 5.55. The molecule has 5 N–H and O–H groups in total. The third-order valence-corrected chi connectivity index (χ3v) is 3.22. The molecule has 98 valence electrons. The summed E-state index contributed by atoms with van der Waals surface area (Å²) < 4.78 is 0.00651. The van der Waals surface area contributed by atoms with Crippen molar-refractivity contribution in [2.45, 2.75) is 31.6 Å². The van der Waals surface area contributed by atoms with Gasteiger partial charge in [-0.05, 0) is 20.8 Å². The fraction of sp³-hybridized carbons (Fsp3) is 1.00. The third kappa shape index (κ3) is 7.46. The van der Waals surface area contributed by atoms with Gasteiger partial charge < -0.3 is 16.8 Å². The first-order valence-corrected chi connectivity index (χ1v) is 6.44. The van der Waals surface area contributed by atoms with Crippen LogP contribution in [0.4, 0.5) is 0 Å². The average Bonchev–Trinajstić information content (AvgIpc) is 2.16. The molecule has 0 aliphatic carbocycles. The van der Waals surface area contributed by atoms with Crippen LogP contribution in [0, 0.1) is 0 Å². The average molecular weight is 248 g/mol. The van der Waals surface area contributed by atoms with Crippen LogP contribution in [0.25, 0.3) is 0 Å². The van der Waals surface area contributed by atoms with Crippen molar-refractivity contribution in [1.82, 2.24) is 10.2 Å². The smallest absolute Gasteiger partial charge is 0.0224 e. The van der Waals surface area contributed by atoms with Crippen LogP contribution in [0.3, 0.4) is 0 Å². The first-order chi connectivity index (χ1) is 7.41. The quantitative estimate of drug-likeness (QED) is 0.430. The Morgan fingerprint density at radius 2 is 1.69 bits per heavy atom. The van der Waals surface area contributed by atoms with Crippen molar-refractivity contribution < 1.29 is 0 Å². The van der Waals surface area contributed by atoms with E-state index in [-0.39, 0.29) is 4.75 Å². The van der Waals surface area contributed by atoms with Crippen molar-refractivity contribution in [3.8, 4) is 0 Å². The maximum absolute atomic E-state index is 5.55. The molecule has 1 unspecified atom stereocenters. The Balaban J connectivity index is 3.76. The lowest BCUT2D eigenvalue weighted by molar-refractivity contribution is 0.280. The monoisotopic (exact) mass is 248 g/mol. The molecule has 0 saturated heterocycles. The molecule has 0 heterocycles. The van der Waals surface area contributed by atoms with Gasteiger partial charge in [-0.15, -0.1) is 0 Å². The SMILES string of the molecule is CC(NCCN(CCN)CCN)C(C)(C)S. The number of hydrogen-bond donors (Lipinski definition) is 4. The first-order valence-electron chi connectivity index (χ1n) is 6.00. The third-order valence-electron chi connectivity index (χ3n) is 2.83. The minimum absolute atomic E-state index is 0.00651. The zero-order valence-corrected chi connectivity index (χ0v) is 11.8. The van der Waals surface area contributed by atoms with E-state index in [2.05, 4.69) is 43.6 Å². The summed E-state index contributed by atoms with van der Waals surface area (Å²) in [5.74, 6) is 0. The molecule has 0 saturated carbocycles. The van der Waals surface area contributed by atoms with Gasteiger partial charge in [0.2, 0.25) is 0 Å². The summed E-state index contributed by atoms with van der Waals surface area (Å²) in [5.41, 5.74) is 11.1. The molecule has 0 amide bonds. The van der Waals surface area contributed by atoms with Crippen LogP contribution in [0.5, 0.6) is 0 Å². The van der Waals surface area contributed by atoms with Crippen LogP contribution in [0.2, 0.25) is 0 Å². The first kappa shape index (κ1) is 16.2. The molecule has 0 aliphatic rings. The molecule has 4 nitrogen and oxygen atoms in total. The van der Waals surface area contributed by atoms with Crippen LogP contribution < -0.4 is 16.8 Å². The highest BCUT2D eigenvalue weighted by Gasteiger charge is 2.20. The van der Waals surface area contributed by atoms with Crippen LogP contribution in [0.15, 0.2) is 0 Å². The minimum Gasteiger partial charge on any atom is -0.329 e. The zero-order chi connectivity index (χ0) is 12.6. The van der Waals surface area contributed by atoms with Gasteiger partial charge in [0, 0.05) is 50.1 Å². The van der Waals surface area contributed by atoms with E-state index in [1.54, 1.807) is 0 Å². The van der Waals surface area contributed by atoms with Crippen molar-refractivity contribution >= 4 is 12.6 Å². The summed E-state index contributed by atoms with van der Waals surface area (Å²) in [7, 11) is 0. The second kappa shape index (κ2) is 8.31. The second-order valence-electron chi connectivity index (χ2n) is 4.75. The van der Waals surface area contributed by atoms with Gasteiger partial charge in [0.1, 0.15) is 0 Å². The van der Waals surface area contributed by atoms with E-state index >= 15 is 0 Å². The van der Waals surface area contributed by atoms with Gasteiger partial charge in [-0.1, -0.05) is 0 Å². The summed E-state index contributed by atoms with van der Waals surface area (Å²) >= 11 is 4.54. The topological polar surface area (TPSA) is 67.3 Å². The van der Waals surface area contributed by atoms with Crippen LogP contribution in [0.1, 0.15) is 20.8 Å². The Hall–Kier alpha value is 0.190. The van der Waals surface area contributed by atoms with Crippen molar-refractivity contribution in [3.05, 3.63) is 0 Å². The maximum Gasteiger partial charge on any atom is 0.0224 e. The van der Waals surface area contributed by atoms with E-state index < -0.39 is 0 Å². The second-order valence-corrected chi connectivity index (χ2v) is 5.90. The lowest BCUT2D eigenvalue weighted by Gasteiger charge is -2.29. The molecule has 0 aromatic rings. The molecule has 0 aliphatic heterocycles. The van der Waals surface area contributed by atoms with Crippen LogP contribution in [-0.4, -0.2) is 55.0 Å². The summed E-state index contributed by atoms with van der Waals surface area (Å²) in [5, 5.41) is 3.47. The number of rotatable bonds is 9. The fourth-order valence-corrected chi connectivity index (χ4v) is 1.48. The lowest BCUT2D eigenvalue weighted by Crippen LogP contribution is -2.45. The number of nitrogens with two attached hydrogens (primary N) is 2. The Labute approximate surface area is 106 Å². The van der Waals surface area contributed by atoms with Gasteiger partial charge in [-0.2, -0.15) is 12.6 Å². The van der Waals surface area contributed by atoms with Crippen molar-refractivity contribution in [1.29, 1.82) is 0 Å². The molecule has 0 aromatic heterocycles. The van der Waals surface area contributed by atoms with Gasteiger partial charge >= 0.3 is 0 Å². The Morgan fingerprint density at radius 1 is 1.19 bits per heavy atom. The van der Waals surface area contributed by atoms with E-state index in [9.17, 15) is 0 Å². The van der Waals surface area contributed by atoms with E-state index in [0.717, 1.165) is 26.2 Å². The van der Waals surface area contributed by atoms with Gasteiger partial charge in [0.05, 0.1) is 0 Å². The molecule has 0 bridgehead atoms. The Kier molecular flexibility index (Phi) is 8.40. The molecule has 0 aromatic carbocycles. The zero-order valence-electron chi connectivity index (χ0n) is 10.9. The van der Waals surface area contributed by atoms with E-state index in [1.807, 2.05) is 0 Å². The van der Waals surface area contributed by atoms with E-state index in [1.165, 1.54) is 0 Å². The molecular formula is C11H28N4S. The van der Waals surface area contributed by atoms with Gasteiger partial charge in [0.15, 0.2) is 0 Å². The minimum atomic E-state index is 0.00651. The highest BCUT2D eigenvalue weighted by molar-refractivity contribution is 7.81. The van der Waals surface area contributed by atoms with Crippen molar-refractivity contribution in [2.75, 3.05) is 39.3 Å². The number of nitrogens with zero attached hydrogens (tertiary/aromatic N) is 1. The normalized spacial score (nSPS) is 14.4. The number of nitrogens with one attached hydrogen (secondary N) is 1. The van der Waals surface area contributed by atoms with E-state index in [0.29, 0.717) is 19.1 Å². The van der Waals surface area contributed by atoms with Gasteiger partial charge in [0.25, 0.3) is 0 Å². The van der Waals surface area contributed by atoms with E-state index in [4.69, 9.17) is 11.5 Å². The summed E-state index contributed by atoms with van der Waals surface area (Å²) in [4.78, 5) is 2.28. The summed E-state index contributed by atoms with van der Waals surface area (Å²) in [6.07, 6.45) is 0. The Morgan fingerprint density at radius 3 is 2.06 bits per heavy atom. The highest BCUT2D eigenvalue weighted by Crippen LogP contribution is 2.16. The molecule has 1 atom stereocenters. The molecule has 0 rings (SSSR count). The standard InChI is InChI=1S/C11H28N4S/c1-10(11(2,3)16)14-6-9-15(7-4-12)8-5-13/h10,14,16H,4-9,12-13H2,1-3H3. The number of thiol groups is 1. The van der Waals surface area contributed by atoms with Crippen LogP contribution >= 0.6 is 12.6 Å².